The Morgan fingerprint density at radius 2 is 2.22 bits per heavy atom. The molecule has 0 aliphatic carbocycles. The summed E-state index contributed by atoms with van der Waals surface area (Å²) in [6.45, 7) is 2.82. The number of nitrogens with zero attached hydrogens (tertiary/aromatic N) is 1. The van der Waals surface area contributed by atoms with E-state index in [0.717, 1.165) is 17.1 Å². The first-order valence-corrected chi connectivity index (χ1v) is 6.98. The summed E-state index contributed by atoms with van der Waals surface area (Å²) in [5.74, 6) is 0. The van der Waals surface area contributed by atoms with Crippen molar-refractivity contribution in [3.05, 3.63) is 52.5 Å². The Balaban J connectivity index is 1.77. The number of hydrogen-bond donors (Lipinski definition) is 2. The van der Waals surface area contributed by atoms with Crippen LogP contribution in [-0.2, 0) is 6.54 Å². The van der Waals surface area contributed by atoms with Crippen molar-refractivity contribution in [2.45, 2.75) is 32.0 Å². The number of hydrogen-bond acceptors (Lipinski definition) is 4. The topological polar surface area (TPSA) is 45.1 Å². The van der Waals surface area contributed by atoms with Gasteiger partial charge in [-0.05, 0) is 36.9 Å². The molecule has 0 aliphatic heterocycles. The summed E-state index contributed by atoms with van der Waals surface area (Å²) in [7, 11) is 0. The van der Waals surface area contributed by atoms with Crippen LogP contribution < -0.4 is 5.32 Å². The van der Waals surface area contributed by atoms with Gasteiger partial charge in [0.25, 0.3) is 0 Å². The molecule has 0 saturated heterocycles. The lowest BCUT2D eigenvalue weighted by Crippen LogP contribution is -2.27. The molecule has 0 unspecified atom stereocenters. The Labute approximate surface area is 112 Å². The molecular weight excluding hydrogens is 244 g/mol. The maximum Gasteiger partial charge on any atom is 0.0896 e. The van der Waals surface area contributed by atoms with E-state index in [4.69, 9.17) is 0 Å². The van der Waals surface area contributed by atoms with Crippen molar-refractivity contribution in [3.63, 3.8) is 0 Å². The van der Waals surface area contributed by atoms with Crippen LogP contribution in [0.2, 0.25) is 0 Å². The first-order chi connectivity index (χ1) is 8.75. The van der Waals surface area contributed by atoms with E-state index in [0.29, 0.717) is 6.42 Å². The minimum atomic E-state index is -0.378. The summed E-state index contributed by atoms with van der Waals surface area (Å²) in [5.41, 5.74) is 1.02. The Morgan fingerprint density at radius 3 is 2.89 bits per heavy atom. The second kappa shape index (κ2) is 6.64. The molecule has 2 aromatic heterocycles. The van der Waals surface area contributed by atoms with Crippen molar-refractivity contribution in [3.8, 4) is 0 Å². The van der Waals surface area contributed by atoms with Crippen LogP contribution >= 0.6 is 11.3 Å². The third kappa shape index (κ3) is 3.91. The van der Waals surface area contributed by atoms with E-state index < -0.39 is 0 Å². The average molecular weight is 262 g/mol. The molecule has 2 aromatic rings. The van der Waals surface area contributed by atoms with Crippen molar-refractivity contribution in [1.82, 2.24) is 10.3 Å². The summed E-state index contributed by atoms with van der Waals surface area (Å²) < 4.78 is 0. The number of aliphatic hydroxyl groups excluding tert-OH is 1. The smallest absolute Gasteiger partial charge is 0.0896 e. The molecule has 0 spiro atoms. The molecule has 2 N–H and O–H groups in total. The molecule has 0 amide bonds. The lowest BCUT2D eigenvalue weighted by Gasteiger charge is -2.16. The number of thiophene rings is 1. The molecule has 0 aliphatic rings. The number of pyridine rings is 1. The zero-order valence-electron chi connectivity index (χ0n) is 10.4. The average Bonchev–Trinajstić information content (AvgIpc) is 2.91. The molecule has 4 heteroatoms. The predicted octanol–water partition coefficient (Wildman–Crippen LogP) is 2.74. The SMILES string of the molecule is C[C@H](C[C@H](O)c1cccs1)NCc1ccccn1. The van der Waals surface area contributed by atoms with Gasteiger partial charge in [0.2, 0.25) is 0 Å². The lowest BCUT2D eigenvalue weighted by molar-refractivity contribution is 0.157. The molecule has 96 valence electrons. The molecule has 3 nitrogen and oxygen atoms in total. The van der Waals surface area contributed by atoms with E-state index in [9.17, 15) is 5.11 Å². The molecule has 2 rings (SSSR count). The number of aliphatic hydroxyl groups is 1. The summed E-state index contributed by atoms with van der Waals surface area (Å²) in [6.07, 6.45) is 2.13. The second-order valence-corrected chi connectivity index (χ2v) is 5.35. The summed E-state index contributed by atoms with van der Waals surface area (Å²) in [5, 5.41) is 15.4. The number of aromatic nitrogens is 1. The van der Waals surface area contributed by atoms with Crippen LogP contribution in [0.5, 0.6) is 0 Å². The van der Waals surface area contributed by atoms with Gasteiger partial charge in [-0.2, -0.15) is 0 Å². The molecule has 2 heterocycles. The highest BCUT2D eigenvalue weighted by Crippen LogP contribution is 2.22. The summed E-state index contributed by atoms with van der Waals surface area (Å²) >= 11 is 1.60. The minimum absolute atomic E-state index is 0.254. The largest absolute Gasteiger partial charge is 0.388 e. The van der Waals surface area contributed by atoms with Gasteiger partial charge in [0.05, 0.1) is 11.8 Å². The fourth-order valence-electron chi connectivity index (χ4n) is 1.80. The van der Waals surface area contributed by atoms with Crippen molar-refractivity contribution in [1.29, 1.82) is 0 Å². The number of nitrogens with one attached hydrogen (secondary N) is 1. The maximum atomic E-state index is 10.0. The van der Waals surface area contributed by atoms with Gasteiger partial charge in [-0.3, -0.25) is 4.98 Å². The van der Waals surface area contributed by atoms with Crippen molar-refractivity contribution in [2.75, 3.05) is 0 Å². The quantitative estimate of drug-likeness (QED) is 0.841. The van der Waals surface area contributed by atoms with E-state index in [1.54, 1.807) is 17.5 Å². The third-order valence-corrected chi connectivity index (χ3v) is 3.78. The van der Waals surface area contributed by atoms with E-state index in [1.807, 2.05) is 35.7 Å². The van der Waals surface area contributed by atoms with Crippen LogP contribution in [0.1, 0.15) is 30.0 Å². The Kier molecular flexibility index (Phi) is 4.87. The molecule has 0 fully saturated rings. The monoisotopic (exact) mass is 262 g/mol. The standard InChI is InChI=1S/C14H18N2OS/c1-11(9-13(17)14-6-4-8-18-14)16-10-12-5-2-3-7-15-12/h2-8,11,13,16-17H,9-10H2,1H3/t11-,13+/m1/s1. The zero-order valence-corrected chi connectivity index (χ0v) is 11.2. The van der Waals surface area contributed by atoms with Crippen molar-refractivity contribution in [2.24, 2.45) is 0 Å². The summed E-state index contributed by atoms with van der Waals surface area (Å²) in [4.78, 5) is 5.29. The highest BCUT2D eigenvalue weighted by Gasteiger charge is 2.12. The fraction of sp³-hybridized carbons (Fsp3) is 0.357. The van der Waals surface area contributed by atoms with Gasteiger partial charge < -0.3 is 10.4 Å². The van der Waals surface area contributed by atoms with Crippen LogP contribution in [0.25, 0.3) is 0 Å². The van der Waals surface area contributed by atoms with Crippen LogP contribution in [0.15, 0.2) is 41.9 Å². The van der Waals surface area contributed by atoms with Crippen molar-refractivity contribution >= 4 is 11.3 Å². The van der Waals surface area contributed by atoms with Gasteiger partial charge in [0.15, 0.2) is 0 Å². The van der Waals surface area contributed by atoms with Crippen LogP contribution in [0, 0.1) is 0 Å². The third-order valence-electron chi connectivity index (χ3n) is 2.81. The highest BCUT2D eigenvalue weighted by atomic mass is 32.1. The zero-order chi connectivity index (χ0) is 12.8. The van der Waals surface area contributed by atoms with Gasteiger partial charge in [-0.15, -0.1) is 11.3 Å². The molecule has 2 atom stereocenters. The fourth-order valence-corrected chi connectivity index (χ4v) is 2.52. The molecule has 0 aromatic carbocycles. The van der Waals surface area contributed by atoms with Crippen molar-refractivity contribution < 1.29 is 5.11 Å². The summed E-state index contributed by atoms with van der Waals surface area (Å²) in [6, 6.07) is 10.1. The number of rotatable bonds is 6. The lowest BCUT2D eigenvalue weighted by atomic mass is 10.1. The molecule has 0 bridgehead atoms. The molecule has 0 radical (unpaired) electrons. The molecular formula is C14H18N2OS. The Bertz CT molecular complexity index is 444. The van der Waals surface area contributed by atoms with Crippen LogP contribution in [0.3, 0.4) is 0 Å². The highest BCUT2D eigenvalue weighted by molar-refractivity contribution is 7.10. The Hall–Kier alpha value is -1.23. The van der Waals surface area contributed by atoms with E-state index in [2.05, 4.69) is 17.2 Å². The minimum Gasteiger partial charge on any atom is -0.388 e. The first-order valence-electron chi connectivity index (χ1n) is 6.10. The molecule has 0 saturated carbocycles. The maximum absolute atomic E-state index is 10.0. The van der Waals surface area contributed by atoms with Gasteiger partial charge in [0.1, 0.15) is 0 Å². The van der Waals surface area contributed by atoms with Crippen LogP contribution in [-0.4, -0.2) is 16.1 Å². The first kappa shape index (κ1) is 13.2. The van der Waals surface area contributed by atoms with Gasteiger partial charge in [-0.1, -0.05) is 12.1 Å². The van der Waals surface area contributed by atoms with Gasteiger partial charge in [0, 0.05) is 23.7 Å². The predicted molar refractivity (Wildman–Crippen MR) is 74.4 cm³/mol. The van der Waals surface area contributed by atoms with Crippen LogP contribution in [0.4, 0.5) is 0 Å². The van der Waals surface area contributed by atoms with E-state index in [-0.39, 0.29) is 12.1 Å². The van der Waals surface area contributed by atoms with E-state index in [1.165, 1.54) is 0 Å². The van der Waals surface area contributed by atoms with Gasteiger partial charge in [-0.25, -0.2) is 0 Å². The second-order valence-electron chi connectivity index (χ2n) is 4.37. The van der Waals surface area contributed by atoms with Gasteiger partial charge >= 0.3 is 0 Å². The molecule has 18 heavy (non-hydrogen) atoms. The normalized spacial score (nSPS) is 14.3. The Morgan fingerprint density at radius 1 is 1.33 bits per heavy atom. The van der Waals surface area contributed by atoms with E-state index >= 15 is 0 Å².